The van der Waals surface area contributed by atoms with E-state index >= 15 is 4.39 Å². The lowest BCUT2D eigenvalue weighted by Gasteiger charge is -2.31. The average Bonchev–Trinajstić information content (AvgIpc) is 1.56. The van der Waals surface area contributed by atoms with Crippen molar-refractivity contribution in [3.63, 3.8) is 0 Å². The van der Waals surface area contributed by atoms with Gasteiger partial charge in [-0.2, -0.15) is 0 Å². The van der Waals surface area contributed by atoms with E-state index < -0.39 is 101 Å². The Hall–Kier alpha value is -9.12. The van der Waals surface area contributed by atoms with E-state index in [1.165, 1.54) is 28.8 Å². The highest BCUT2D eigenvalue weighted by molar-refractivity contribution is 5.99. The zero-order chi connectivity index (χ0) is 71.2. The molecule has 99 heavy (non-hydrogen) atoms. The van der Waals surface area contributed by atoms with Gasteiger partial charge in [0, 0.05) is 60.6 Å². The van der Waals surface area contributed by atoms with Crippen LogP contribution in [0.15, 0.2) is 41.2 Å². The van der Waals surface area contributed by atoms with Gasteiger partial charge in [-0.05, 0) is 111 Å². The van der Waals surface area contributed by atoms with Gasteiger partial charge in [-0.3, -0.25) is 33.6 Å². The summed E-state index contributed by atoms with van der Waals surface area (Å²) in [5.41, 5.74) is 6.36. The number of aryl methyl sites for hydroxylation is 1. The summed E-state index contributed by atoms with van der Waals surface area (Å²) in [6.07, 6.45) is 3.42. The Morgan fingerprint density at radius 2 is 1.52 bits per heavy atom. The smallest absolute Gasteiger partial charge is 0.408 e. The van der Waals surface area contributed by atoms with Gasteiger partial charge in [-0.1, -0.05) is 45.2 Å². The third kappa shape index (κ3) is 20.7. The predicted molar refractivity (Wildman–Crippen MR) is 354 cm³/mol. The second kappa shape index (κ2) is 36.6. The number of carboxylic acid groups (broad SMARTS) is 1. The molecule has 0 radical (unpaired) electrons. The quantitative estimate of drug-likeness (QED) is 0.0154. The molecule has 1 unspecified atom stereocenters. The predicted octanol–water partition coefficient (Wildman–Crippen LogP) is 3.73. The maximum atomic E-state index is 15.6. The van der Waals surface area contributed by atoms with Gasteiger partial charge >= 0.3 is 24.1 Å². The summed E-state index contributed by atoms with van der Waals surface area (Å²) in [7, 11) is 0. The number of urea groups is 1. The van der Waals surface area contributed by atoms with E-state index in [4.69, 9.17) is 43.9 Å². The maximum absolute atomic E-state index is 15.6. The summed E-state index contributed by atoms with van der Waals surface area (Å²) in [5, 5.41) is 40.6. The number of halogens is 1. The number of carbonyl (C=O) groups excluding carboxylic acids is 8. The van der Waals surface area contributed by atoms with Crippen LogP contribution in [0.4, 0.5) is 19.7 Å². The van der Waals surface area contributed by atoms with E-state index in [1.54, 1.807) is 39.8 Å². The minimum atomic E-state index is -2.11. The molecular formula is C69H89FN10O19. The van der Waals surface area contributed by atoms with Crippen LogP contribution in [0, 0.1) is 30.5 Å². The molecule has 30 heteroatoms. The third-order valence-corrected chi connectivity index (χ3v) is 17.5. The monoisotopic (exact) mass is 1380 g/mol. The van der Waals surface area contributed by atoms with Gasteiger partial charge in [0.05, 0.1) is 87.9 Å². The first kappa shape index (κ1) is 75.6. The highest BCUT2D eigenvalue weighted by atomic mass is 19.1. The van der Waals surface area contributed by atoms with Gasteiger partial charge in [-0.15, -0.1) is 5.92 Å². The summed E-state index contributed by atoms with van der Waals surface area (Å²) in [5.74, 6) is 0.361. The number of amides is 8. The number of ether oxygens (including phenoxy) is 7. The van der Waals surface area contributed by atoms with Crippen LogP contribution in [0.3, 0.4) is 0 Å². The van der Waals surface area contributed by atoms with Crippen molar-refractivity contribution >= 4 is 70.2 Å². The number of nitrogens with zero attached hydrogens (tertiary/aromatic N) is 2. The second-order valence-corrected chi connectivity index (χ2v) is 24.9. The number of esters is 1. The Morgan fingerprint density at radius 3 is 2.21 bits per heavy atom. The first-order valence-electron chi connectivity index (χ1n) is 33.5. The molecule has 4 aromatic rings. The van der Waals surface area contributed by atoms with Crippen molar-refractivity contribution in [3.05, 3.63) is 91.5 Å². The van der Waals surface area contributed by atoms with E-state index in [1.807, 2.05) is 0 Å². The van der Waals surface area contributed by atoms with E-state index in [9.17, 15) is 58.2 Å². The molecule has 4 heterocycles. The molecule has 6 atom stereocenters. The average molecular weight is 1380 g/mol. The van der Waals surface area contributed by atoms with Gasteiger partial charge in [0.2, 0.25) is 29.5 Å². The third-order valence-electron chi connectivity index (χ3n) is 17.5. The minimum absolute atomic E-state index is 0.0349. The van der Waals surface area contributed by atoms with Gasteiger partial charge in [0.1, 0.15) is 49.9 Å². The van der Waals surface area contributed by atoms with Crippen LogP contribution < -0.4 is 48.5 Å². The van der Waals surface area contributed by atoms with Crippen molar-refractivity contribution in [2.75, 3.05) is 77.9 Å². The van der Waals surface area contributed by atoms with Crippen molar-refractivity contribution in [1.82, 2.24) is 41.5 Å². The molecule has 2 aromatic heterocycles. The number of rotatable bonds is 37. The number of aliphatic hydroxyl groups is 1. The first-order chi connectivity index (χ1) is 47.6. The van der Waals surface area contributed by atoms with Crippen molar-refractivity contribution < 1.29 is 90.9 Å². The largest absolute Gasteiger partial charge is 0.481 e. The van der Waals surface area contributed by atoms with Crippen molar-refractivity contribution in [2.24, 2.45) is 11.7 Å². The van der Waals surface area contributed by atoms with Crippen LogP contribution in [0.1, 0.15) is 143 Å². The van der Waals surface area contributed by atoms with Crippen molar-refractivity contribution in [2.45, 2.75) is 167 Å². The number of aliphatic carboxylic acids is 1. The van der Waals surface area contributed by atoms with E-state index in [-0.39, 0.29) is 137 Å². The van der Waals surface area contributed by atoms with Gasteiger partial charge in [0.25, 0.3) is 5.56 Å². The fourth-order valence-corrected chi connectivity index (χ4v) is 12.1. The summed E-state index contributed by atoms with van der Waals surface area (Å²) < 4.78 is 55.5. The highest BCUT2D eigenvalue weighted by Crippen LogP contribution is 2.46. The summed E-state index contributed by atoms with van der Waals surface area (Å²) in [6, 6.07) is 3.66. The number of alkyl carbamates (subject to hydrolysis) is 1. The lowest BCUT2D eigenvalue weighted by atomic mass is 9.81. The van der Waals surface area contributed by atoms with Crippen molar-refractivity contribution in [1.29, 1.82) is 0 Å². The highest BCUT2D eigenvalue weighted by Gasteiger charge is 2.46. The van der Waals surface area contributed by atoms with E-state index in [2.05, 4.69) is 49.1 Å². The first-order valence-corrected chi connectivity index (χ1v) is 33.5. The lowest BCUT2D eigenvalue weighted by molar-refractivity contribution is -0.172. The number of nitrogens with one attached hydrogen (secondary N) is 7. The molecule has 4 aliphatic rings. The fraction of sp³-hybridized carbons (Fsp3) is 0.551. The number of carbonyl (C=O) groups is 9. The SMILES string of the molecule is CC[C@@]1(O)C(=O)OCc2c1cc1n(c2=O)Cc2c-1nc1cc(F)c(C)c3c1c2[C@@H](NC(=O)[C@H](CCC(=O)O)NC(=O)OCc1ccc(NC(=O)[C@H](CCCNC(N)=O)NC(=O)[C@@H](NC(=O)CCOCCOCCOCCOCCNC(=O)COC2C#CCCCCC2)C(C)C)cc1)CC3. The number of aromatic nitrogens is 2. The topological polar surface area (TPSA) is 404 Å². The molecular weight excluding hydrogens is 1290 g/mol. The van der Waals surface area contributed by atoms with Crippen LogP contribution in [-0.2, 0) is 98.5 Å². The number of anilines is 1. The number of hydrogen-bond donors (Lipinski definition) is 10. The molecule has 11 N–H and O–H groups in total. The number of nitrogens with two attached hydrogens (primary N) is 1. The number of pyridine rings is 2. The molecule has 2 aliphatic carbocycles. The standard InChI is InChI=1S/C69H89FN10O19/c1-5-69(92)48-34-54-61-46(36-80(54)65(88)47(48)38-98-66(69)89)59-50(20-19-45-41(4)49(70)35-53(75-61)58(45)59)76-63(86)52(21-22-57(83)84)78-68(91)99-37-42-15-17-43(18-16-42)74-62(85)51(14-11-24-73-67(71)90)77-64(87)60(40(2)3)79-55(81)23-26-93-28-30-95-32-33-96-31-29-94-27-25-72-56(82)39-97-44-12-9-7-6-8-10-13-44/h15-18,34-35,40,44,50-52,60,92H,5-9,11-12,14,19-33,36-39H2,1-4H3,(H,72,82)(H,74,85)(H,76,86)(H,77,87)(H,78,91)(H,79,81)(H,83,84)(H3,71,73,90)/t44?,50-,51-,52-,60-,69-/m0/s1. The number of fused-ring (bicyclic) bond motifs is 5. The molecule has 0 spiro atoms. The molecule has 0 saturated carbocycles. The number of cyclic esters (lactones) is 1. The molecule has 0 saturated heterocycles. The molecule has 29 nitrogen and oxygen atoms in total. The lowest BCUT2D eigenvalue weighted by Crippen LogP contribution is -2.54. The normalized spacial score (nSPS) is 17.5. The van der Waals surface area contributed by atoms with Gasteiger partial charge < -0.3 is 90.9 Å². The fourth-order valence-electron chi connectivity index (χ4n) is 12.1. The zero-order valence-electron chi connectivity index (χ0n) is 56.2. The summed E-state index contributed by atoms with van der Waals surface area (Å²) >= 11 is 0. The second-order valence-electron chi connectivity index (χ2n) is 24.9. The molecule has 0 bridgehead atoms. The van der Waals surface area contributed by atoms with Gasteiger partial charge in [-0.25, -0.2) is 23.8 Å². The molecule has 2 aromatic carbocycles. The maximum Gasteiger partial charge on any atom is 0.408 e. The molecule has 8 rings (SSSR count). The Labute approximate surface area is 571 Å². The Kier molecular flexibility index (Phi) is 28.0. The Bertz CT molecular complexity index is 3720. The molecule has 2 aliphatic heterocycles. The number of hydrogen-bond acceptors (Lipinski definition) is 19. The van der Waals surface area contributed by atoms with Crippen molar-refractivity contribution in [3.8, 4) is 23.2 Å². The van der Waals surface area contributed by atoms with Crippen LogP contribution in [0.5, 0.6) is 0 Å². The van der Waals surface area contributed by atoms with Crippen LogP contribution in [0.25, 0.3) is 22.3 Å². The summed E-state index contributed by atoms with van der Waals surface area (Å²) in [6.45, 7) is 8.38. The van der Waals surface area contributed by atoms with Gasteiger partial charge in [0.15, 0.2) is 5.60 Å². The van der Waals surface area contributed by atoms with Crippen LogP contribution in [-0.4, -0.2) is 170 Å². The van der Waals surface area contributed by atoms with E-state index in [0.717, 1.165) is 32.1 Å². The molecule has 536 valence electrons. The molecule has 8 amide bonds. The summed E-state index contributed by atoms with van der Waals surface area (Å²) in [4.78, 5) is 136. The molecule has 0 fully saturated rings. The van der Waals surface area contributed by atoms with Crippen LogP contribution >= 0.6 is 0 Å². The zero-order valence-corrected chi connectivity index (χ0v) is 56.2. The Balaban J connectivity index is 0.779. The number of carboxylic acids is 1. The number of primary amides is 1. The Morgan fingerprint density at radius 1 is 0.808 bits per heavy atom. The minimum Gasteiger partial charge on any atom is -0.481 e. The number of benzene rings is 2. The van der Waals surface area contributed by atoms with E-state index in [0.29, 0.717) is 79.2 Å². The van der Waals surface area contributed by atoms with Crippen LogP contribution in [0.2, 0.25) is 0 Å².